The first-order chi connectivity index (χ1) is 2.89. The third kappa shape index (κ3) is 2.09. The first kappa shape index (κ1) is 7.17. The van der Waals surface area contributed by atoms with Gasteiger partial charge >= 0.3 is 0 Å². The van der Waals surface area contributed by atoms with Crippen LogP contribution in [0.4, 0.5) is 0 Å². The molecule has 2 heteroatoms. The molecule has 1 rings (SSSR count). The van der Waals surface area contributed by atoms with Gasteiger partial charge in [-0.05, 0) is 30.2 Å². The van der Waals surface area contributed by atoms with E-state index in [4.69, 9.17) is 0 Å². The molecule has 0 nitrogen and oxygen atoms in total. The maximum absolute atomic E-state index is 2.38. The minimum atomic E-state index is 0. The van der Waals surface area contributed by atoms with Gasteiger partial charge in [0.25, 0.3) is 0 Å². The molecular formula is C5H14Si2. The zero-order valence-electron chi connectivity index (χ0n) is 4.20. The molecule has 0 aromatic carbocycles. The normalized spacial score (nSPS) is 18.6. The van der Waals surface area contributed by atoms with Gasteiger partial charge in [-0.25, -0.2) is 0 Å². The smallest absolute Gasteiger partial charge is 0.0328 e. The SMILES string of the molecule is [SiH3]C1=CCCC1.[SiH4]. The third-order valence-electron chi connectivity index (χ3n) is 1.27. The van der Waals surface area contributed by atoms with Gasteiger partial charge in [0.1, 0.15) is 0 Å². The van der Waals surface area contributed by atoms with Crippen LogP contribution < -0.4 is 0 Å². The molecule has 7 heavy (non-hydrogen) atoms. The van der Waals surface area contributed by atoms with Crippen molar-refractivity contribution in [3.63, 3.8) is 0 Å². The van der Waals surface area contributed by atoms with Crippen molar-refractivity contribution < 1.29 is 0 Å². The van der Waals surface area contributed by atoms with Gasteiger partial charge in [0.05, 0.1) is 0 Å². The Labute approximate surface area is 52.4 Å². The summed E-state index contributed by atoms with van der Waals surface area (Å²) < 4.78 is 0. The summed E-state index contributed by atoms with van der Waals surface area (Å²) >= 11 is 0. The molecule has 0 spiro atoms. The Morgan fingerprint density at radius 1 is 1.57 bits per heavy atom. The summed E-state index contributed by atoms with van der Waals surface area (Å²) in [6.07, 6.45) is 6.58. The first-order valence-corrected chi connectivity index (χ1v) is 3.55. The Morgan fingerprint density at radius 3 is 2.43 bits per heavy atom. The van der Waals surface area contributed by atoms with Gasteiger partial charge in [0.15, 0.2) is 0 Å². The second kappa shape index (κ2) is 3.21. The fourth-order valence-electron chi connectivity index (χ4n) is 0.831. The van der Waals surface area contributed by atoms with Crippen LogP contribution in [0.15, 0.2) is 11.3 Å². The van der Waals surface area contributed by atoms with Gasteiger partial charge in [0, 0.05) is 10.2 Å². The van der Waals surface area contributed by atoms with Gasteiger partial charge in [-0.2, -0.15) is 0 Å². The second-order valence-electron chi connectivity index (χ2n) is 1.94. The van der Waals surface area contributed by atoms with E-state index in [-0.39, 0.29) is 11.0 Å². The van der Waals surface area contributed by atoms with Crippen molar-refractivity contribution in [2.75, 3.05) is 0 Å². The van der Waals surface area contributed by atoms with Crippen molar-refractivity contribution >= 4 is 21.2 Å². The van der Waals surface area contributed by atoms with Crippen LogP contribution in [0.5, 0.6) is 0 Å². The quantitative estimate of drug-likeness (QED) is 0.368. The van der Waals surface area contributed by atoms with E-state index in [1.54, 1.807) is 5.20 Å². The summed E-state index contributed by atoms with van der Waals surface area (Å²) in [5, 5.41) is 1.72. The lowest BCUT2D eigenvalue weighted by atomic mass is 10.4. The molecule has 0 amide bonds. The van der Waals surface area contributed by atoms with E-state index >= 15 is 0 Å². The van der Waals surface area contributed by atoms with Crippen molar-refractivity contribution in [1.29, 1.82) is 0 Å². The van der Waals surface area contributed by atoms with E-state index in [0.29, 0.717) is 0 Å². The lowest BCUT2D eigenvalue weighted by Crippen LogP contribution is -1.68. The van der Waals surface area contributed by atoms with E-state index < -0.39 is 0 Å². The van der Waals surface area contributed by atoms with Crippen LogP contribution in [0.3, 0.4) is 0 Å². The maximum atomic E-state index is 2.38. The van der Waals surface area contributed by atoms with Crippen molar-refractivity contribution in [1.82, 2.24) is 0 Å². The summed E-state index contributed by atoms with van der Waals surface area (Å²) in [4.78, 5) is 0. The predicted molar refractivity (Wildman–Crippen MR) is 43.2 cm³/mol. The first-order valence-electron chi connectivity index (χ1n) is 2.55. The number of allylic oxidation sites excluding steroid dienone is 2. The fraction of sp³-hybridized carbons (Fsp3) is 0.600. The van der Waals surface area contributed by atoms with Crippen LogP contribution in [0.2, 0.25) is 0 Å². The van der Waals surface area contributed by atoms with Crippen molar-refractivity contribution in [3.05, 3.63) is 11.3 Å². The molecule has 0 unspecified atom stereocenters. The summed E-state index contributed by atoms with van der Waals surface area (Å²) in [5.41, 5.74) is 0. The molecule has 0 saturated heterocycles. The molecule has 1 aliphatic carbocycles. The van der Waals surface area contributed by atoms with Crippen molar-refractivity contribution in [2.45, 2.75) is 19.3 Å². The molecule has 0 atom stereocenters. The number of rotatable bonds is 0. The van der Waals surface area contributed by atoms with Crippen LogP contribution in [0.25, 0.3) is 0 Å². The fourth-order valence-corrected chi connectivity index (χ4v) is 1.47. The molecule has 0 bridgehead atoms. The van der Waals surface area contributed by atoms with Crippen LogP contribution in [-0.4, -0.2) is 21.2 Å². The summed E-state index contributed by atoms with van der Waals surface area (Å²) in [7, 11) is 1.31. The summed E-state index contributed by atoms with van der Waals surface area (Å²) in [5.74, 6) is 0. The molecule has 0 aromatic rings. The van der Waals surface area contributed by atoms with Crippen LogP contribution in [0.1, 0.15) is 19.3 Å². The third-order valence-corrected chi connectivity index (χ3v) is 2.18. The molecule has 42 valence electrons. The van der Waals surface area contributed by atoms with Gasteiger partial charge in [-0.1, -0.05) is 11.3 Å². The lowest BCUT2D eigenvalue weighted by molar-refractivity contribution is 0.924. The predicted octanol–water partition coefficient (Wildman–Crippen LogP) is -1.03. The average molecular weight is 130 g/mol. The largest absolute Gasteiger partial charge is 0.0956 e. The zero-order valence-corrected chi connectivity index (χ0v) is 6.20. The molecule has 0 saturated carbocycles. The second-order valence-corrected chi connectivity index (χ2v) is 3.23. The van der Waals surface area contributed by atoms with Gasteiger partial charge in [-0.3, -0.25) is 0 Å². The van der Waals surface area contributed by atoms with Gasteiger partial charge < -0.3 is 0 Å². The minimum absolute atomic E-state index is 0. The molecule has 0 heterocycles. The monoisotopic (exact) mass is 130 g/mol. The molecule has 0 radical (unpaired) electrons. The Hall–Kier alpha value is 0.174. The standard InChI is InChI=1S/C5H10Si.H4Si/c6-5-3-1-2-4-5;/h3H,1-2,4H2,6H3;1H4. The van der Waals surface area contributed by atoms with Crippen molar-refractivity contribution in [3.8, 4) is 0 Å². The Morgan fingerprint density at radius 2 is 2.29 bits per heavy atom. The van der Waals surface area contributed by atoms with E-state index in [9.17, 15) is 0 Å². The molecule has 1 aliphatic rings. The molecule has 0 aromatic heterocycles. The highest BCUT2D eigenvalue weighted by Crippen LogP contribution is 2.12. The number of hydrogen-bond donors (Lipinski definition) is 0. The van der Waals surface area contributed by atoms with Gasteiger partial charge in [-0.15, -0.1) is 0 Å². The molecule has 0 fully saturated rings. The Kier molecular flexibility index (Phi) is 3.29. The summed E-state index contributed by atoms with van der Waals surface area (Å²) in [6, 6.07) is 0. The Bertz CT molecular complexity index is 76.1. The lowest BCUT2D eigenvalue weighted by Gasteiger charge is -1.79. The van der Waals surface area contributed by atoms with E-state index in [0.717, 1.165) is 0 Å². The highest BCUT2D eigenvalue weighted by atomic mass is 28.1. The van der Waals surface area contributed by atoms with E-state index in [1.165, 1.54) is 29.5 Å². The minimum Gasteiger partial charge on any atom is -0.0956 e. The number of hydrogen-bond acceptors (Lipinski definition) is 0. The van der Waals surface area contributed by atoms with E-state index in [1.807, 2.05) is 0 Å². The maximum Gasteiger partial charge on any atom is 0.0328 e. The molecular weight excluding hydrogens is 116 g/mol. The Balaban J connectivity index is 0.000000360. The van der Waals surface area contributed by atoms with Crippen LogP contribution in [-0.2, 0) is 0 Å². The highest BCUT2D eigenvalue weighted by molar-refractivity contribution is 6.21. The molecule has 0 aliphatic heterocycles. The van der Waals surface area contributed by atoms with Crippen LogP contribution >= 0.6 is 0 Å². The topological polar surface area (TPSA) is 0 Å². The zero-order chi connectivity index (χ0) is 4.41. The average Bonchev–Trinajstić information content (AvgIpc) is 1.86. The molecule has 0 N–H and O–H groups in total. The van der Waals surface area contributed by atoms with E-state index in [2.05, 4.69) is 6.08 Å². The van der Waals surface area contributed by atoms with Crippen LogP contribution in [0, 0.1) is 0 Å². The summed E-state index contributed by atoms with van der Waals surface area (Å²) in [6.45, 7) is 0. The highest BCUT2D eigenvalue weighted by Gasteiger charge is 1.94. The van der Waals surface area contributed by atoms with Gasteiger partial charge in [0.2, 0.25) is 0 Å². The van der Waals surface area contributed by atoms with Crippen molar-refractivity contribution in [2.24, 2.45) is 0 Å².